The van der Waals surface area contributed by atoms with Crippen molar-refractivity contribution in [1.82, 2.24) is 0 Å². The summed E-state index contributed by atoms with van der Waals surface area (Å²) in [5.41, 5.74) is -0.245. The van der Waals surface area contributed by atoms with Crippen LogP contribution < -0.4 is 5.32 Å². The number of aliphatic hydroxyl groups excluding tert-OH is 1. The molecule has 0 radical (unpaired) electrons. The number of hydrogen-bond donors (Lipinski definition) is 3. The minimum atomic E-state index is -1.33. The number of nitro groups is 1. The number of nitrogens with one attached hydrogen (secondary N) is 1. The summed E-state index contributed by atoms with van der Waals surface area (Å²) < 4.78 is 0. The van der Waals surface area contributed by atoms with Crippen molar-refractivity contribution in [3.63, 3.8) is 0 Å². The predicted molar refractivity (Wildman–Crippen MR) is 74.0 cm³/mol. The average molecular weight is 282 g/mol. The van der Waals surface area contributed by atoms with Crippen LogP contribution >= 0.6 is 0 Å². The fourth-order valence-corrected chi connectivity index (χ4v) is 1.87. The minimum absolute atomic E-state index is 0.0980. The Labute approximate surface area is 116 Å². The standard InChI is InChI=1S/C13H18N2O5/c1-2-9(5-6-16)8-14-10-3-4-12(15(19)20)11(7-10)13(17)18/h3-4,7,9,14,16H,2,5-6,8H2,1H3,(H,17,18). The van der Waals surface area contributed by atoms with Crippen LogP contribution in [-0.2, 0) is 0 Å². The zero-order valence-electron chi connectivity index (χ0n) is 11.2. The third kappa shape index (κ3) is 4.20. The zero-order valence-corrected chi connectivity index (χ0v) is 11.2. The van der Waals surface area contributed by atoms with Crippen molar-refractivity contribution >= 4 is 17.3 Å². The molecule has 0 heterocycles. The van der Waals surface area contributed by atoms with Gasteiger partial charge in [0.05, 0.1) is 4.92 Å². The molecule has 3 N–H and O–H groups in total. The molecule has 0 saturated heterocycles. The van der Waals surface area contributed by atoms with E-state index in [0.717, 1.165) is 6.42 Å². The van der Waals surface area contributed by atoms with Crippen LogP contribution in [0.5, 0.6) is 0 Å². The summed E-state index contributed by atoms with van der Waals surface area (Å²) in [6.45, 7) is 2.68. The number of carboxylic acids is 1. The molecule has 0 bridgehead atoms. The highest BCUT2D eigenvalue weighted by atomic mass is 16.6. The van der Waals surface area contributed by atoms with E-state index in [9.17, 15) is 14.9 Å². The number of aromatic carboxylic acids is 1. The van der Waals surface area contributed by atoms with Gasteiger partial charge in [-0.05, 0) is 24.5 Å². The lowest BCUT2D eigenvalue weighted by Crippen LogP contribution is -2.15. The number of benzene rings is 1. The number of rotatable bonds is 8. The zero-order chi connectivity index (χ0) is 15.1. The SMILES string of the molecule is CCC(CCO)CNc1ccc([N+](=O)[O-])c(C(=O)O)c1. The van der Waals surface area contributed by atoms with Crippen molar-refractivity contribution < 1.29 is 19.9 Å². The van der Waals surface area contributed by atoms with E-state index in [4.69, 9.17) is 10.2 Å². The molecule has 7 nitrogen and oxygen atoms in total. The number of carboxylic acid groups (broad SMARTS) is 1. The Kier molecular flexibility index (Phi) is 5.92. The van der Waals surface area contributed by atoms with Crippen LogP contribution in [0.2, 0.25) is 0 Å². The second-order valence-electron chi connectivity index (χ2n) is 4.46. The van der Waals surface area contributed by atoms with Gasteiger partial charge in [-0.2, -0.15) is 0 Å². The monoisotopic (exact) mass is 282 g/mol. The van der Waals surface area contributed by atoms with E-state index in [0.29, 0.717) is 18.7 Å². The number of hydrogen-bond acceptors (Lipinski definition) is 5. The van der Waals surface area contributed by atoms with Crippen LogP contribution in [0.15, 0.2) is 18.2 Å². The molecule has 0 fully saturated rings. The molecule has 1 aromatic rings. The Bertz CT molecular complexity index is 490. The fraction of sp³-hybridized carbons (Fsp3) is 0.462. The van der Waals surface area contributed by atoms with E-state index in [1.54, 1.807) is 0 Å². The van der Waals surface area contributed by atoms with E-state index in [1.165, 1.54) is 18.2 Å². The summed E-state index contributed by atoms with van der Waals surface area (Å²) in [5.74, 6) is -1.06. The Hall–Kier alpha value is -2.15. The molecule has 20 heavy (non-hydrogen) atoms. The number of nitrogens with zero attached hydrogens (tertiary/aromatic N) is 1. The van der Waals surface area contributed by atoms with E-state index < -0.39 is 16.6 Å². The van der Waals surface area contributed by atoms with Crippen molar-refractivity contribution in [2.45, 2.75) is 19.8 Å². The van der Waals surface area contributed by atoms with Crippen molar-refractivity contribution in [2.24, 2.45) is 5.92 Å². The van der Waals surface area contributed by atoms with Gasteiger partial charge in [-0.15, -0.1) is 0 Å². The van der Waals surface area contributed by atoms with E-state index in [1.807, 2.05) is 6.92 Å². The molecule has 0 saturated carbocycles. The maximum absolute atomic E-state index is 11.0. The Morgan fingerprint density at radius 2 is 2.20 bits per heavy atom. The summed E-state index contributed by atoms with van der Waals surface area (Å²) in [6.07, 6.45) is 1.54. The van der Waals surface area contributed by atoms with E-state index >= 15 is 0 Å². The number of carbonyl (C=O) groups is 1. The molecule has 0 spiro atoms. The van der Waals surface area contributed by atoms with Crippen molar-refractivity contribution in [3.8, 4) is 0 Å². The minimum Gasteiger partial charge on any atom is -0.477 e. The van der Waals surface area contributed by atoms with Crippen LogP contribution in [0.3, 0.4) is 0 Å². The first-order chi connectivity index (χ1) is 9.49. The van der Waals surface area contributed by atoms with Gasteiger partial charge in [-0.1, -0.05) is 13.3 Å². The Balaban J connectivity index is 2.84. The van der Waals surface area contributed by atoms with Gasteiger partial charge in [0.1, 0.15) is 5.56 Å². The Morgan fingerprint density at radius 1 is 1.50 bits per heavy atom. The van der Waals surface area contributed by atoms with Gasteiger partial charge in [-0.3, -0.25) is 10.1 Å². The maximum Gasteiger partial charge on any atom is 0.342 e. The van der Waals surface area contributed by atoms with Gasteiger partial charge in [0.25, 0.3) is 5.69 Å². The van der Waals surface area contributed by atoms with Gasteiger partial charge < -0.3 is 15.5 Å². The first-order valence-electron chi connectivity index (χ1n) is 6.36. The molecule has 0 aromatic heterocycles. The molecular weight excluding hydrogens is 264 g/mol. The summed E-state index contributed by atoms with van der Waals surface area (Å²) in [5, 5.41) is 31.7. The molecule has 1 atom stereocenters. The quantitative estimate of drug-likeness (QED) is 0.497. The second-order valence-corrected chi connectivity index (χ2v) is 4.46. The van der Waals surface area contributed by atoms with E-state index in [2.05, 4.69) is 5.32 Å². The number of anilines is 1. The summed E-state index contributed by atoms with van der Waals surface area (Å²) in [6, 6.07) is 3.92. The van der Waals surface area contributed by atoms with Gasteiger partial charge >= 0.3 is 5.97 Å². The number of aliphatic hydroxyl groups is 1. The van der Waals surface area contributed by atoms with Crippen molar-refractivity contribution in [1.29, 1.82) is 0 Å². The molecule has 110 valence electrons. The van der Waals surface area contributed by atoms with Crippen LogP contribution in [0.1, 0.15) is 30.1 Å². The highest BCUT2D eigenvalue weighted by Gasteiger charge is 2.20. The molecule has 0 aliphatic heterocycles. The van der Waals surface area contributed by atoms with Gasteiger partial charge in [0.15, 0.2) is 0 Å². The highest BCUT2D eigenvalue weighted by Crippen LogP contribution is 2.23. The van der Waals surface area contributed by atoms with Crippen LogP contribution in [-0.4, -0.2) is 34.3 Å². The van der Waals surface area contributed by atoms with Gasteiger partial charge in [-0.25, -0.2) is 4.79 Å². The lowest BCUT2D eigenvalue weighted by atomic mass is 10.0. The maximum atomic E-state index is 11.0. The first kappa shape index (κ1) is 15.9. The first-order valence-corrected chi connectivity index (χ1v) is 6.36. The fourth-order valence-electron chi connectivity index (χ4n) is 1.87. The van der Waals surface area contributed by atoms with E-state index in [-0.39, 0.29) is 18.1 Å². The molecule has 0 aliphatic carbocycles. The van der Waals surface area contributed by atoms with Crippen LogP contribution in [0.4, 0.5) is 11.4 Å². The van der Waals surface area contributed by atoms with Gasteiger partial charge in [0.2, 0.25) is 0 Å². The topological polar surface area (TPSA) is 113 Å². The van der Waals surface area contributed by atoms with Gasteiger partial charge in [0, 0.05) is 24.9 Å². The summed E-state index contributed by atoms with van der Waals surface area (Å²) in [4.78, 5) is 21.0. The third-order valence-electron chi connectivity index (χ3n) is 3.13. The largest absolute Gasteiger partial charge is 0.477 e. The molecule has 0 aliphatic rings. The normalized spacial score (nSPS) is 11.9. The molecule has 1 rings (SSSR count). The molecule has 7 heteroatoms. The highest BCUT2D eigenvalue weighted by molar-refractivity contribution is 5.93. The lowest BCUT2D eigenvalue weighted by Gasteiger charge is -2.15. The lowest BCUT2D eigenvalue weighted by molar-refractivity contribution is -0.385. The third-order valence-corrected chi connectivity index (χ3v) is 3.13. The second kappa shape index (κ2) is 7.44. The summed E-state index contributed by atoms with van der Waals surface area (Å²) >= 11 is 0. The molecule has 1 aromatic carbocycles. The Morgan fingerprint density at radius 3 is 2.70 bits per heavy atom. The van der Waals surface area contributed by atoms with Crippen molar-refractivity contribution in [3.05, 3.63) is 33.9 Å². The molecular formula is C13H18N2O5. The predicted octanol–water partition coefficient (Wildman–Crippen LogP) is 2.11. The summed E-state index contributed by atoms with van der Waals surface area (Å²) in [7, 11) is 0. The smallest absolute Gasteiger partial charge is 0.342 e. The number of nitro benzene ring substituents is 1. The van der Waals surface area contributed by atoms with Crippen LogP contribution in [0, 0.1) is 16.0 Å². The van der Waals surface area contributed by atoms with Crippen LogP contribution in [0.25, 0.3) is 0 Å². The molecule has 1 unspecified atom stereocenters. The average Bonchev–Trinajstić information content (AvgIpc) is 2.42. The molecule has 0 amide bonds. The van der Waals surface area contributed by atoms with Crippen molar-refractivity contribution in [2.75, 3.05) is 18.5 Å².